The maximum Gasteiger partial charge on any atom is 0.126 e. The normalized spacial score (nSPS) is 12.4. The minimum Gasteiger partial charge on any atom is -0.311 e. The molecule has 1 N–H and O–H groups in total. The van der Waals surface area contributed by atoms with E-state index in [0.29, 0.717) is 17.0 Å². The molecule has 0 radical (unpaired) electrons. The third kappa shape index (κ3) is 3.35. The van der Waals surface area contributed by atoms with Gasteiger partial charge in [-0.15, -0.1) is 0 Å². The molecule has 0 aliphatic carbocycles. The molecule has 0 amide bonds. The lowest BCUT2D eigenvalue weighted by atomic mass is 9.98. The summed E-state index contributed by atoms with van der Waals surface area (Å²) in [5, 5.41) is 3.77. The largest absolute Gasteiger partial charge is 0.311 e. The first-order chi connectivity index (χ1) is 9.65. The molecule has 2 nitrogen and oxygen atoms in total. The molecule has 0 spiro atoms. The molecule has 20 heavy (non-hydrogen) atoms. The van der Waals surface area contributed by atoms with Crippen molar-refractivity contribution in [3.63, 3.8) is 0 Å². The lowest BCUT2D eigenvalue weighted by molar-refractivity contribution is 0.541. The van der Waals surface area contributed by atoms with Crippen LogP contribution in [0.2, 0.25) is 5.02 Å². The molecule has 1 atom stereocenters. The smallest absolute Gasteiger partial charge is 0.126 e. The molecule has 2 rings (SSSR count). The van der Waals surface area contributed by atoms with Gasteiger partial charge < -0.3 is 5.32 Å². The van der Waals surface area contributed by atoms with Crippen LogP contribution in [0.15, 0.2) is 36.5 Å². The van der Waals surface area contributed by atoms with Gasteiger partial charge in [0.05, 0.1) is 11.7 Å². The van der Waals surface area contributed by atoms with Crippen molar-refractivity contribution in [3.05, 3.63) is 64.2 Å². The summed E-state index contributed by atoms with van der Waals surface area (Å²) in [6, 6.07) is 8.60. The van der Waals surface area contributed by atoms with Crippen LogP contribution in [-0.2, 0) is 12.8 Å². The van der Waals surface area contributed by atoms with Crippen molar-refractivity contribution in [2.45, 2.75) is 25.8 Å². The number of aromatic nitrogens is 1. The fourth-order valence-electron chi connectivity index (χ4n) is 2.32. The van der Waals surface area contributed by atoms with Crippen molar-refractivity contribution in [1.82, 2.24) is 10.3 Å². The van der Waals surface area contributed by atoms with Gasteiger partial charge in [-0.25, -0.2) is 4.39 Å². The van der Waals surface area contributed by atoms with Crippen LogP contribution < -0.4 is 5.32 Å². The predicted molar refractivity (Wildman–Crippen MR) is 80.5 cm³/mol. The molecule has 106 valence electrons. The first-order valence-corrected chi connectivity index (χ1v) is 7.08. The zero-order valence-corrected chi connectivity index (χ0v) is 12.4. The van der Waals surface area contributed by atoms with Gasteiger partial charge in [-0.3, -0.25) is 4.98 Å². The molecule has 1 unspecified atom stereocenters. The highest BCUT2D eigenvalue weighted by Crippen LogP contribution is 2.23. The zero-order chi connectivity index (χ0) is 14.5. The SMILES string of the molecule is CCc1cccnc1C(Cc1cc(Cl)ccc1F)NC. The van der Waals surface area contributed by atoms with Crippen molar-refractivity contribution >= 4 is 11.6 Å². The number of rotatable bonds is 5. The van der Waals surface area contributed by atoms with E-state index in [0.717, 1.165) is 12.1 Å². The predicted octanol–water partition coefficient (Wildman–Crippen LogP) is 3.94. The molecule has 0 saturated carbocycles. The second-order valence-corrected chi connectivity index (χ2v) is 5.12. The molecular weight excluding hydrogens is 275 g/mol. The first kappa shape index (κ1) is 14.9. The standard InChI is InChI=1S/C16H18ClFN2/c1-3-11-5-4-8-20-16(11)15(19-2)10-12-9-13(17)6-7-14(12)18/h4-9,15,19H,3,10H2,1-2H3. The number of pyridine rings is 1. The summed E-state index contributed by atoms with van der Waals surface area (Å²) >= 11 is 5.95. The number of hydrogen-bond acceptors (Lipinski definition) is 2. The van der Waals surface area contributed by atoms with Crippen LogP contribution in [0.25, 0.3) is 0 Å². The Bertz CT molecular complexity index is 586. The number of halogens is 2. The fraction of sp³-hybridized carbons (Fsp3) is 0.312. The minimum absolute atomic E-state index is 0.0286. The Kier molecular flexibility index (Phi) is 5.10. The van der Waals surface area contributed by atoms with Crippen molar-refractivity contribution in [2.75, 3.05) is 7.05 Å². The number of likely N-dealkylation sites (N-methyl/N-ethyl adjacent to an activating group) is 1. The van der Waals surface area contributed by atoms with Crippen molar-refractivity contribution in [1.29, 1.82) is 0 Å². The van der Waals surface area contributed by atoms with Gasteiger partial charge in [-0.1, -0.05) is 24.6 Å². The summed E-state index contributed by atoms with van der Waals surface area (Å²) in [7, 11) is 1.86. The van der Waals surface area contributed by atoms with E-state index in [4.69, 9.17) is 11.6 Å². The minimum atomic E-state index is -0.233. The Morgan fingerprint density at radius 1 is 1.30 bits per heavy atom. The first-order valence-electron chi connectivity index (χ1n) is 6.70. The molecule has 0 saturated heterocycles. The van der Waals surface area contributed by atoms with Crippen LogP contribution in [-0.4, -0.2) is 12.0 Å². The fourth-order valence-corrected chi connectivity index (χ4v) is 2.51. The highest BCUT2D eigenvalue weighted by Gasteiger charge is 2.17. The van der Waals surface area contributed by atoms with Crippen molar-refractivity contribution < 1.29 is 4.39 Å². The molecular formula is C16H18ClFN2. The van der Waals surface area contributed by atoms with Gasteiger partial charge in [0.15, 0.2) is 0 Å². The third-order valence-corrected chi connectivity index (χ3v) is 3.65. The van der Waals surface area contributed by atoms with Crippen LogP contribution in [0.4, 0.5) is 4.39 Å². The lowest BCUT2D eigenvalue weighted by Crippen LogP contribution is -2.22. The van der Waals surface area contributed by atoms with E-state index in [1.165, 1.54) is 11.6 Å². The monoisotopic (exact) mass is 292 g/mol. The van der Waals surface area contributed by atoms with Crippen LogP contribution in [0.3, 0.4) is 0 Å². The molecule has 0 fully saturated rings. The van der Waals surface area contributed by atoms with E-state index in [1.54, 1.807) is 18.3 Å². The van der Waals surface area contributed by atoms with Crippen molar-refractivity contribution in [2.24, 2.45) is 0 Å². The number of nitrogens with zero attached hydrogens (tertiary/aromatic N) is 1. The van der Waals surface area contributed by atoms with Crippen LogP contribution in [0.1, 0.15) is 29.8 Å². The molecule has 0 bridgehead atoms. The second-order valence-electron chi connectivity index (χ2n) is 4.68. The molecule has 0 aliphatic rings. The van der Waals surface area contributed by atoms with Gasteiger partial charge in [0, 0.05) is 11.2 Å². The van der Waals surface area contributed by atoms with Gasteiger partial charge in [0.2, 0.25) is 0 Å². The number of aryl methyl sites for hydroxylation is 1. The molecule has 2 aromatic rings. The summed E-state index contributed by atoms with van der Waals surface area (Å²) in [4.78, 5) is 4.45. The second kappa shape index (κ2) is 6.82. The lowest BCUT2D eigenvalue weighted by Gasteiger charge is -2.19. The van der Waals surface area contributed by atoms with Gasteiger partial charge in [0.1, 0.15) is 5.82 Å². The average molecular weight is 293 g/mol. The Morgan fingerprint density at radius 3 is 2.80 bits per heavy atom. The van der Waals surface area contributed by atoms with Gasteiger partial charge >= 0.3 is 0 Å². The third-order valence-electron chi connectivity index (χ3n) is 3.42. The Balaban J connectivity index is 2.31. The van der Waals surface area contributed by atoms with Crippen LogP contribution in [0, 0.1) is 5.82 Å². The van der Waals surface area contributed by atoms with Crippen LogP contribution >= 0.6 is 11.6 Å². The van der Waals surface area contributed by atoms with E-state index >= 15 is 0 Å². The Labute approximate surface area is 124 Å². The highest BCUT2D eigenvalue weighted by atomic mass is 35.5. The van der Waals surface area contributed by atoms with E-state index in [2.05, 4.69) is 23.3 Å². The van der Waals surface area contributed by atoms with E-state index in [-0.39, 0.29) is 11.9 Å². The van der Waals surface area contributed by atoms with Crippen LogP contribution in [0.5, 0.6) is 0 Å². The van der Waals surface area contributed by atoms with E-state index in [1.807, 2.05) is 13.1 Å². The molecule has 1 heterocycles. The molecule has 0 aliphatic heterocycles. The van der Waals surface area contributed by atoms with Crippen molar-refractivity contribution in [3.8, 4) is 0 Å². The van der Waals surface area contributed by atoms with E-state index < -0.39 is 0 Å². The summed E-state index contributed by atoms with van der Waals surface area (Å²) in [6.07, 6.45) is 3.19. The van der Waals surface area contributed by atoms with E-state index in [9.17, 15) is 4.39 Å². The Morgan fingerprint density at radius 2 is 2.10 bits per heavy atom. The van der Waals surface area contributed by atoms with Gasteiger partial charge in [0.25, 0.3) is 0 Å². The highest BCUT2D eigenvalue weighted by molar-refractivity contribution is 6.30. The summed E-state index contributed by atoms with van der Waals surface area (Å²) in [5.74, 6) is -0.233. The Hall–Kier alpha value is -1.45. The van der Waals surface area contributed by atoms with Gasteiger partial charge in [-0.2, -0.15) is 0 Å². The summed E-state index contributed by atoms with van der Waals surface area (Å²) in [6.45, 7) is 2.09. The summed E-state index contributed by atoms with van der Waals surface area (Å²) in [5.41, 5.74) is 2.75. The molecule has 4 heteroatoms. The number of nitrogens with one attached hydrogen (secondary N) is 1. The topological polar surface area (TPSA) is 24.9 Å². The average Bonchev–Trinajstić information content (AvgIpc) is 2.48. The quantitative estimate of drug-likeness (QED) is 0.903. The maximum absolute atomic E-state index is 13.9. The zero-order valence-electron chi connectivity index (χ0n) is 11.7. The summed E-state index contributed by atoms with van der Waals surface area (Å²) < 4.78 is 13.9. The number of hydrogen-bond donors (Lipinski definition) is 1. The number of benzene rings is 1. The maximum atomic E-state index is 13.9. The van der Waals surface area contributed by atoms with Gasteiger partial charge in [-0.05, 0) is 55.3 Å². The molecule has 1 aromatic carbocycles. The molecule has 1 aromatic heterocycles.